The molecule has 0 radical (unpaired) electrons. The van der Waals surface area contributed by atoms with Crippen LogP contribution in [0.2, 0.25) is 0 Å². The fraction of sp³-hybridized carbons (Fsp3) is 0.533. The third kappa shape index (κ3) is 3.91. The number of urea groups is 1. The Morgan fingerprint density at radius 1 is 1.48 bits per heavy atom. The van der Waals surface area contributed by atoms with Gasteiger partial charge in [0.2, 0.25) is 0 Å². The normalized spacial score (nSPS) is 17.2. The molecule has 116 valence electrons. The van der Waals surface area contributed by atoms with Crippen LogP contribution in [-0.2, 0) is 0 Å². The molecule has 1 fully saturated rings. The van der Waals surface area contributed by atoms with Crippen molar-refractivity contribution in [1.82, 2.24) is 10.2 Å². The number of hydrogen-bond donors (Lipinski definition) is 2. The third-order valence-electron chi connectivity index (χ3n) is 3.76. The van der Waals surface area contributed by atoms with Gasteiger partial charge >= 0.3 is 6.03 Å². The van der Waals surface area contributed by atoms with E-state index in [-0.39, 0.29) is 18.0 Å². The number of halogens is 2. The lowest BCUT2D eigenvalue weighted by Crippen LogP contribution is -2.42. The van der Waals surface area contributed by atoms with Crippen LogP contribution < -0.4 is 5.32 Å². The fourth-order valence-corrected chi connectivity index (χ4v) is 2.22. The van der Waals surface area contributed by atoms with E-state index in [0.717, 1.165) is 18.9 Å². The van der Waals surface area contributed by atoms with Crippen LogP contribution in [0.25, 0.3) is 0 Å². The summed E-state index contributed by atoms with van der Waals surface area (Å²) < 4.78 is 26.8. The van der Waals surface area contributed by atoms with E-state index >= 15 is 0 Å². The number of nitrogens with zero attached hydrogens (tertiary/aromatic N) is 1. The predicted octanol–water partition coefficient (Wildman–Crippen LogP) is 2.44. The summed E-state index contributed by atoms with van der Waals surface area (Å²) in [5.41, 5.74) is 0.0968. The third-order valence-corrected chi connectivity index (χ3v) is 3.76. The number of aliphatic hydroxyl groups excluding tert-OH is 1. The lowest BCUT2D eigenvalue weighted by atomic mass is 10.1. The Balaban J connectivity index is 1.93. The molecule has 2 amide bonds. The Morgan fingerprint density at radius 3 is 2.76 bits per heavy atom. The maximum atomic E-state index is 13.6. The van der Waals surface area contributed by atoms with E-state index in [9.17, 15) is 18.7 Å². The van der Waals surface area contributed by atoms with Crippen molar-refractivity contribution in [2.24, 2.45) is 5.92 Å². The fourth-order valence-electron chi connectivity index (χ4n) is 2.22. The molecule has 0 bridgehead atoms. The van der Waals surface area contributed by atoms with Gasteiger partial charge in [0.05, 0.1) is 12.1 Å². The lowest BCUT2D eigenvalue weighted by molar-refractivity contribution is 0.112. The molecule has 0 aromatic heterocycles. The molecule has 6 heteroatoms. The van der Waals surface area contributed by atoms with E-state index in [0.29, 0.717) is 0 Å². The molecule has 1 saturated carbocycles. The summed E-state index contributed by atoms with van der Waals surface area (Å²) in [5, 5.41) is 12.4. The van der Waals surface area contributed by atoms with Crippen LogP contribution in [0.5, 0.6) is 0 Å². The van der Waals surface area contributed by atoms with Gasteiger partial charge in [-0.1, -0.05) is 12.1 Å². The Labute approximate surface area is 122 Å². The zero-order chi connectivity index (χ0) is 15.6. The number of carbonyl (C=O) groups is 1. The molecular formula is C15H20F2N2O2. The second-order valence-corrected chi connectivity index (χ2v) is 5.60. The number of likely N-dealkylation sites (N-methyl/N-ethyl adjacent to an activating group) is 1. The summed E-state index contributed by atoms with van der Waals surface area (Å²) in [6.07, 6.45) is 1.45. The number of benzene rings is 1. The standard InChI is InChI=1S/C15H20F2N2O2/c1-9(11-4-3-5-12(16)14(11)17)18-15(21)19(2)8-13(20)10-6-7-10/h3-5,9-10,13,20H,6-8H2,1-2H3,(H,18,21). The summed E-state index contributed by atoms with van der Waals surface area (Å²) in [4.78, 5) is 13.3. The van der Waals surface area contributed by atoms with Gasteiger partial charge in [0.25, 0.3) is 0 Å². The largest absolute Gasteiger partial charge is 0.391 e. The van der Waals surface area contributed by atoms with Crippen LogP contribution in [-0.4, -0.2) is 35.7 Å². The molecule has 2 unspecified atom stereocenters. The smallest absolute Gasteiger partial charge is 0.317 e. The van der Waals surface area contributed by atoms with Crippen LogP contribution in [0.3, 0.4) is 0 Å². The number of amides is 2. The number of carbonyl (C=O) groups excluding carboxylic acids is 1. The number of hydrogen-bond acceptors (Lipinski definition) is 2. The van der Waals surface area contributed by atoms with E-state index in [4.69, 9.17) is 0 Å². The molecule has 2 N–H and O–H groups in total. The van der Waals surface area contributed by atoms with Crippen molar-refractivity contribution in [3.63, 3.8) is 0 Å². The molecule has 1 aromatic rings. The minimum absolute atomic E-state index is 0.0968. The first-order valence-corrected chi connectivity index (χ1v) is 7.03. The van der Waals surface area contributed by atoms with Gasteiger partial charge in [-0.2, -0.15) is 0 Å². The Bertz CT molecular complexity index is 520. The summed E-state index contributed by atoms with van der Waals surface area (Å²) in [6, 6.07) is 2.78. The van der Waals surface area contributed by atoms with E-state index < -0.39 is 29.8 Å². The van der Waals surface area contributed by atoms with Crippen molar-refractivity contribution >= 4 is 6.03 Å². The number of rotatable bonds is 5. The van der Waals surface area contributed by atoms with Gasteiger partial charge in [0.1, 0.15) is 0 Å². The first-order chi connectivity index (χ1) is 9.90. The summed E-state index contributed by atoms with van der Waals surface area (Å²) in [5.74, 6) is -1.62. The molecule has 1 aromatic carbocycles. The van der Waals surface area contributed by atoms with Crippen molar-refractivity contribution in [3.05, 3.63) is 35.4 Å². The lowest BCUT2D eigenvalue weighted by Gasteiger charge is -2.24. The second kappa shape index (κ2) is 6.39. The van der Waals surface area contributed by atoms with Crippen LogP contribution >= 0.6 is 0 Å². The topological polar surface area (TPSA) is 52.6 Å². The quantitative estimate of drug-likeness (QED) is 0.877. The number of nitrogens with one attached hydrogen (secondary N) is 1. The summed E-state index contributed by atoms with van der Waals surface area (Å²) in [7, 11) is 1.57. The van der Waals surface area contributed by atoms with Gasteiger partial charge in [0, 0.05) is 19.2 Å². The van der Waals surface area contributed by atoms with E-state index in [1.807, 2.05) is 0 Å². The maximum absolute atomic E-state index is 13.6. The van der Waals surface area contributed by atoms with E-state index in [1.54, 1.807) is 14.0 Å². The van der Waals surface area contributed by atoms with Gasteiger partial charge in [-0.3, -0.25) is 0 Å². The highest BCUT2D eigenvalue weighted by molar-refractivity contribution is 5.74. The molecule has 4 nitrogen and oxygen atoms in total. The highest BCUT2D eigenvalue weighted by Crippen LogP contribution is 2.32. The van der Waals surface area contributed by atoms with Crippen LogP contribution in [0, 0.1) is 17.6 Å². The molecule has 0 saturated heterocycles. The molecule has 1 aliphatic rings. The monoisotopic (exact) mass is 298 g/mol. The molecule has 2 atom stereocenters. The molecule has 0 aliphatic heterocycles. The van der Waals surface area contributed by atoms with Crippen molar-refractivity contribution < 1.29 is 18.7 Å². The van der Waals surface area contributed by atoms with Gasteiger partial charge in [-0.05, 0) is 31.7 Å². The SMILES string of the molecule is CC(NC(=O)N(C)CC(O)C1CC1)c1cccc(F)c1F. The van der Waals surface area contributed by atoms with Crippen LogP contribution in [0.4, 0.5) is 13.6 Å². The molecular weight excluding hydrogens is 278 g/mol. The first-order valence-electron chi connectivity index (χ1n) is 7.03. The summed E-state index contributed by atoms with van der Waals surface area (Å²) >= 11 is 0. The first kappa shape index (κ1) is 15.7. The Morgan fingerprint density at radius 2 is 2.14 bits per heavy atom. The van der Waals surface area contributed by atoms with Gasteiger partial charge in [-0.25, -0.2) is 13.6 Å². The van der Waals surface area contributed by atoms with Crippen molar-refractivity contribution in [2.45, 2.75) is 31.9 Å². The zero-order valence-electron chi connectivity index (χ0n) is 12.1. The van der Waals surface area contributed by atoms with Crippen LogP contribution in [0.15, 0.2) is 18.2 Å². The number of aliphatic hydroxyl groups is 1. The van der Waals surface area contributed by atoms with Gasteiger partial charge in [-0.15, -0.1) is 0 Å². The highest BCUT2D eigenvalue weighted by Gasteiger charge is 2.31. The zero-order valence-corrected chi connectivity index (χ0v) is 12.1. The highest BCUT2D eigenvalue weighted by atomic mass is 19.2. The Kier molecular flexibility index (Phi) is 4.77. The Hall–Kier alpha value is -1.69. The molecule has 21 heavy (non-hydrogen) atoms. The molecule has 2 rings (SSSR count). The average molecular weight is 298 g/mol. The minimum Gasteiger partial charge on any atom is -0.391 e. The van der Waals surface area contributed by atoms with Crippen molar-refractivity contribution in [3.8, 4) is 0 Å². The van der Waals surface area contributed by atoms with Gasteiger partial charge in [0.15, 0.2) is 11.6 Å². The second-order valence-electron chi connectivity index (χ2n) is 5.60. The van der Waals surface area contributed by atoms with Crippen molar-refractivity contribution in [1.29, 1.82) is 0 Å². The van der Waals surface area contributed by atoms with Gasteiger partial charge < -0.3 is 15.3 Å². The van der Waals surface area contributed by atoms with E-state index in [1.165, 1.54) is 17.0 Å². The molecule has 0 heterocycles. The van der Waals surface area contributed by atoms with Crippen molar-refractivity contribution in [2.75, 3.05) is 13.6 Å². The minimum atomic E-state index is -0.953. The predicted molar refractivity (Wildman–Crippen MR) is 74.7 cm³/mol. The molecule has 0 spiro atoms. The summed E-state index contributed by atoms with van der Waals surface area (Å²) in [6.45, 7) is 1.82. The average Bonchev–Trinajstić information content (AvgIpc) is 3.25. The van der Waals surface area contributed by atoms with Crippen LogP contribution in [0.1, 0.15) is 31.4 Å². The maximum Gasteiger partial charge on any atom is 0.317 e. The molecule has 1 aliphatic carbocycles. The van der Waals surface area contributed by atoms with E-state index in [2.05, 4.69) is 5.32 Å².